The number of aromatic nitrogens is 1. The minimum absolute atomic E-state index is 0.0459. The van der Waals surface area contributed by atoms with Crippen LogP contribution in [0.2, 0.25) is 5.02 Å². The van der Waals surface area contributed by atoms with Crippen molar-refractivity contribution in [2.75, 3.05) is 6.61 Å². The van der Waals surface area contributed by atoms with Crippen LogP contribution in [0, 0.1) is 24.0 Å². The molecule has 0 fully saturated rings. The van der Waals surface area contributed by atoms with Crippen LogP contribution in [-0.4, -0.2) is 27.8 Å². The lowest BCUT2D eigenvalue weighted by Crippen LogP contribution is -2.15. The third-order valence-corrected chi connectivity index (χ3v) is 5.38. The maximum absolute atomic E-state index is 12.7. The molecule has 0 atom stereocenters. The molecule has 30 heavy (non-hydrogen) atoms. The molecule has 0 unspecified atom stereocenters. The fourth-order valence-electron chi connectivity index (χ4n) is 3.10. The zero-order valence-electron chi connectivity index (χ0n) is 16.0. The fourth-order valence-corrected chi connectivity index (χ4v) is 3.62. The quantitative estimate of drug-likeness (QED) is 0.198. The van der Waals surface area contributed by atoms with Gasteiger partial charge in [0.1, 0.15) is 0 Å². The second-order valence-corrected chi connectivity index (χ2v) is 7.84. The number of esters is 1. The van der Waals surface area contributed by atoms with E-state index >= 15 is 0 Å². The molecule has 0 saturated carbocycles. The van der Waals surface area contributed by atoms with Crippen LogP contribution in [0.4, 0.5) is 5.69 Å². The highest BCUT2D eigenvalue weighted by molar-refractivity contribution is 9.10. The van der Waals surface area contributed by atoms with Gasteiger partial charge in [0.15, 0.2) is 6.61 Å². The summed E-state index contributed by atoms with van der Waals surface area (Å²) in [6, 6.07) is 12.8. The third-order valence-electron chi connectivity index (χ3n) is 4.53. The molecule has 0 radical (unpaired) electrons. The SMILES string of the molecule is Cc1cc(C(=O)COC(=O)c2ccc([N+](=O)[O-])cc2Cl)c(C)n1-c1ccc(Br)cc1. The Balaban J connectivity index is 1.75. The van der Waals surface area contributed by atoms with Crippen LogP contribution in [0.5, 0.6) is 0 Å². The molecule has 1 heterocycles. The number of aryl methyl sites for hydroxylation is 1. The van der Waals surface area contributed by atoms with Crippen LogP contribution in [0.25, 0.3) is 5.69 Å². The molecule has 9 heteroatoms. The Hall–Kier alpha value is -2.97. The lowest BCUT2D eigenvalue weighted by atomic mass is 10.1. The predicted molar refractivity (Wildman–Crippen MR) is 116 cm³/mol. The average molecular weight is 492 g/mol. The summed E-state index contributed by atoms with van der Waals surface area (Å²) in [5, 5.41) is 10.7. The first-order valence-corrected chi connectivity index (χ1v) is 9.95. The van der Waals surface area contributed by atoms with E-state index in [-0.39, 0.29) is 22.1 Å². The second kappa shape index (κ2) is 8.81. The molecule has 0 bridgehead atoms. The second-order valence-electron chi connectivity index (χ2n) is 6.52. The monoisotopic (exact) mass is 490 g/mol. The van der Waals surface area contributed by atoms with Gasteiger partial charge >= 0.3 is 5.97 Å². The maximum Gasteiger partial charge on any atom is 0.340 e. The molecule has 3 rings (SSSR count). The molecular formula is C21H16BrClN2O5. The van der Waals surface area contributed by atoms with Crippen LogP contribution in [0.3, 0.4) is 0 Å². The minimum Gasteiger partial charge on any atom is -0.454 e. The van der Waals surface area contributed by atoms with E-state index in [1.165, 1.54) is 6.07 Å². The van der Waals surface area contributed by atoms with E-state index in [1.54, 1.807) is 6.07 Å². The number of carbonyl (C=O) groups excluding carboxylic acids is 2. The number of hydrogen-bond donors (Lipinski definition) is 0. The van der Waals surface area contributed by atoms with Crippen molar-refractivity contribution in [3.05, 3.63) is 90.7 Å². The standard InChI is InChI=1S/C21H16BrClN2O5/c1-12-9-18(13(2)24(12)15-5-3-14(22)4-6-15)20(26)11-30-21(27)17-8-7-16(25(28)29)10-19(17)23/h3-10H,11H2,1-2H3. The van der Waals surface area contributed by atoms with Crippen LogP contribution in [0.15, 0.2) is 53.0 Å². The van der Waals surface area contributed by atoms with E-state index in [9.17, 15) is 19.7 Å². The van der Waals surface area contributed by atoms with Gasteiger partial charge in [0.2, 0.25) is 5.78 Å². The van der Waals surface area contributed by atoms with E-state index < -0.39 is 17.5 Å². The van der Waals surface area contributed by atoms with Crippen molar-refractivity contribution >= 4 is 45.0 Å². The topological polar surface area (TPSA) is 91.4 Å². The van der Waals surface area contributed by atoms with Gasteiger partial charge in [0.05, 0.1) is 15.5 Å². The zero-order chi connectivity index (χ0) is 22.0. The summed E-state index contributed by atoms with van der Waals surface area (Å²) in [6.45, 7) is 3.22. The molecule has 0 amide bonds. The number of non-ortho nitro benzene ring substituents is 1. The van der Waals surface area contributed by atoms with Crippen molar-refractivity contribution in [2.45, 2.75) is 13.8 Å². The van der Waals surface area contributed by atoms with Gasteiger partial charge in [-0.2, -0.15) is 0 Å². The van der Waals surface area contributed by atoms with Crippen molar-refractivity contribution in [1.29, 1.82) is 0 Å². The number of ether oxygens (including phenoxy) is 1. The van der Waals surface area contributed by atoms with Crippen molar-refractivity contribution in [3.8, 4) is 5.69 Å². The van der Waals surface area contributed by atoms with Gasteiger partial charge in [-0.25, -0.2) is 4.79 Å². The number of halogens is 2. The summed E-state index contributed by atoms with van der Waals surface area (Å²) in [7, 11) is 0. The van der Waals surface area contributed by atoms with Crippen molar-refractivity contribution in [3.63, 3.8) is 0 Å². The number of nitro groups is 1. The van der Waals surface area contributed by atoms with Crippen LogP contribution >= 0.6 is 27.5 Å². The van der Waals surface area contributed by atoms with Crippen LogP contribution in [0.1, 0.15) is 32.1 Å². The highest BCUT2D eigenvalue weighted by Gasteiger charge is 2.20. The molecule has 1 aromatic heterocycles. The van der Waals surface area contributed by atoms with Gasteiger partial charge in [-0.05, 0) is 50.2 Å². The van der Waals surface area contributed by atoms with Crippen LogP contribution < -0.4 is 0 Å². The molecule has 0 aliphatic heterocycles. The number of benzene rings is 2. The highest BCUT2D eigenvalue weighted by Crippen LogP contribution is 2.25. The lowest BCUT2D eigenvalue weighted by Gasteiger charge is -2.10. The molecule has 7 nitrogen and oxygen atoms in total. The summed E-state index contributed by atoms with van der Waals surface area (Å²) in [4.78, 5) is 35.1. The van der Waals surface area contributed by atoms with Crippen molar-refractivity contribution in [2.24, 2.45) is 0 Å². The van der Waals surface area contributed by atoms with Gasteiger partial charge in [-0.1, -0.05) is 27.5 Å². The normalized spacial score (nSPS) is 10.7. The van der Waals surface area contributed by atoms with E-state index in [1.807, 2.05) is 42.7 Å². The van der Waals surface area contributed by atoms with Crippen molar-refractivity contribution in [1.82, 2.24) is 4.57 Å². The van der Waals surface area contributed by atoms with E-state index in [0.29, 0.717) is 5.56 Å². The molecule has 0 saturated heterocycles. The van der Waals surface area contributed by atoms with Gasteiger partial charge in [0, 0.05) is 39.2 Å². The van der Waals surface area contributed by atoms with E-state index in [0.717, 1.165) is 33.7 Å². The van der Waals surface area contributed by atoms with Gasteiger partial charge in [-0.15, -0.1) is 0 Å². The summed E-state index contributed by atoms with van der Waals surface area (Å²) in [6.07, 6.45) is 0. The first-order valence-electron chi connectivity index (χ1n) is 8.78. The van der Waals surface area contributed by atoms with Crippen molar-refractivity contribution < 1.29 is 19.2 Å². The molecule has 0 N–H and O–H groups in total. The number of nitro benzene ring substituents is 1. The Bertz CT molecular complexity index is 1150. The molecule has 0 aliphatic rings. The molecule has 0 spiro atoms. The van der Waals surface area contributed by atoms with Gasteiger partial charge in [0.25, 0.3) is 5.69 Å². The maximum atomic E-state index is 12.7. The summed E-state index contributed by atoms with van der Waals surface area (Å²) in [5.74, 6) is -1.19. The summed E-state index contributed by atoms with van der Waals surface area (Å²) >= 11 is 9.33. The van der Waals surface area contributed by atoms with Crippen LogP contribution in [-0.2, 0) is 4.74 Å². The summed E-state index contributed by atoms with van der Waals surface area (Å²) < 4.78 is 7.98. The predicted octanol–water partition coefficient (Wildman–Crippen LogP) is 5.46. The number of nitrogens with zero attached hydrogens (tertiary/aromatic N) is 2. The molecule has 154 valence electrons. The van der Waals surface area contributed by atoms with Gasteiger partial charge in [-0.3, -0.25) is 14.9 Å². The number of ketones is 1. The molecular weight excluding hydrogens is 476 g/mol. The molecule has 0 aliphatic carbocycles. The van der Waals surface area contributed by atoms with E-state index in [4.69, 9.17) is 16.3 Å². The summed E-state index contributed by atoms with van der Waals surface area (Å²) in [5.41, 5.74) is 2.65. The molecule has 2 aromatic carbocycles. The Morgan fingerprint density at radius 2 is 1.77 bits per heavy atom. The number of Topliss-reactive ketones (excluding diaryl/α,β-unsaturated/α-hetero) is 1. The third kappa shape index (κ3) is 4.44. The fraction of sp³-hybridized carbons (Fsp3) is 0.143. The lowest BCUT2D eigenvalue weighted by molar-refractivity contribution is -0.384. The first kappa shape index (κ1) is 21.7. The number of carbonyl (C=O) groups is 2. The van der Waals surface area contributed by atoms with E-state index in [2.05, 4.69) is 15.9 Å². The highest BCUT2D eigenvalue weighted by atomic mass is 79.9. The molecule has 3 aromatic rings. The Morgan fingerprint density at radius 1 is 1.10 bits per heavy atom. The smallest absolute Gasteiger partial charge is 0.340 e. The zero-order valence-corrected chi connectivity index (χ0v) is 18.4. The average Bonchev–Trinajstić information content (AvgIpc) is 3.00. The Morgan fingerprint density at radius 3 is 2.37 bits per heavy atom. The first-order chi connectivity index (χ1) is 14.2. The van der Waals surface area contributed by atoms with Gasteiger partial charge < -0.3 is 9.30 Å². The Kier molecular flexibility index (Phi) is 6.38. The minimum atomic E-state index is -0.829. The largest absolute Gasteiger partial charge is 0.454 e. The number of hydrogen-bond acceptors (Lipinski definition) is 5. The Labute approximate surface area is 185 Å². The number of rotatable bonds is 6.